The van der Waals surface area contributed by atoms with Gasteiger partial charge in [-0.05, 0) is 40.0 Å². The molecule has 1 unspecified atom stereocenters. The van der Waals surface area contributed by atoms with Crippen molar-refractivity contribution in [3.05, 3.63) is 50.2 Å². The van der Waals surface area contributed by atoms with E-state index < -0.39 is 0 Å². The molecule has 1 aromatic carbocycles. The number of benzene rings is 1. The summed E-state index contributed by atoms with van der Waals surface area (Å²) in [6.45, 7) is 2.05. The van der Waals surface area contributed by atoms with Gasteiger partial charge < -0.3 is 5.73 Å². The maximum Gasteiger partial charge on any atom is 0.0735 e. The van der Waals surface area contributed by atoms with Crippen LogP contribution in [-0.4, -0.2) is 9.78 Å². The Hall–Kier alpha value is -0.650. The first kappa shape index (κ1) is 12.8. The third kappa shape index (κ3) is 2.46. The highest BCUT2D eigenvalue weighted by atomic mass is 79.9. The average Bonchev–Trinajstić information content (AvgIpc) is 2.62. The van der Waals surface area contributed by atoms with Gasteiger partial charge in [0.25, 0.3) is 0 Å². The lowest BCUT2D eigenvalue weighted by Crippen LogP contribution is -2.16. The van der Waals surface area contributed by atoms with Crippen molar-refractivity contribution in [2.24, 2.45) is 12.8 Å². The SMILES string of the molecule is Cc1cc(C(N)c2c(Br)cnn2C)ccc1Br. The maximum atomic E-state index is 6.28. The number of aryl methyl sites for hydroxylation is 2. The van der Waals surface area contributed by atoms with Crippen LogP contribution in [0.3, 0.4) is 0 Å². The molecule has 5 heteroatoms. The van der Waals surface area contributed by atoms with E-state index in [1.165, 1.54) is 5.56 Å². The second-order valence-electron chi connectivity index (χ2n) is 3.99. The van der Waals surface area contributed by atoms with Gasteiger partial charge in [0.15, 0.2) is 0 Å². The van der Waals surface area contributed by atoms with E-state index in [1.54, 1.807) is 10.9 Å². The lowest BCUT2D eigenvalue weighted by atomic mass is 10.0. The van der Waals surface area contributed by atoms with Crippen LogP contribution in [0.4, 0.5) is 0 Å². The number of halogens is 2. The van der Waals surface area contributed by atoms with E-state index in [4.69, 9.17) is 5.73 Å². The van der Waals surface area contributed by atoms with Crippen LogP contribution in [0.15, 0.2) is 33.3 Å². The summed E-state index contributed by atoms with van der Waals surface area (Å²) in [6.07, 6.45) is 1.76. The summed E-state index contributed by atoms with van der Waals surface area (Å²) in [4.78, 5) is 0. The molecule has 3 nitrogen and oxygen atoms in total. The molecule has 0 fully saturated rings. The summed E-state index contributed by atoms with van der Waals surface area (Å²) in [7, 11) is 1.89. The molecule has 1 aromatic heterocycles. The lowest BCUT2D eigenvalue weighted by molar-refractivity contribution is 0.671. The van der Waals surface area contributed by atoms with Crippen molar-refractivity contribution in [2.75, 3.05) is 0 Å². The topological polar surface area (TPSA) is 43.8 Å². The Morgan fingerprint density at radius 1 is 1.29 bits per heavy atom. The first-order valence-corrected chi connectivity index (χ1v) is 6.78. The molecule has 1 heterocycles. The van der Waals surface area contributed by atoms with Crippen LogP contribution in [0.25, 0.3) is 0 Å². The molecule has 17 heavy (non-hydrogen) atoms. The van der Waals surface area contributed by atoms with Gasteiger partial charge in [-0.15, -0.1) is 0 Å². The van der Waals surface area contributed by atoms with E-state index in [0.717, 1.165) is 20.2 Å². The summed E-state index contributed by atoms with van der Waals surface area (Å²) in [5.41, 5.74) is 9.51. The standard InChI is InChI=1S/C12H13Br2N3/c1-7-5-8(3-4-9(7)13)11(15)12-10(14)6-16-17(12)2/h3-6,11H,15H2,1-2H3. The quantitative estimate of drug-likeness (QED) is 0.895. The smallest absolute Gasteiger partial charge is 0.0735 e. The molecule has 0 saturated heterocycles. The van der Waals surface area contributed by atoms with Gasteiger partial charge in [-0.2, -0.15) is 5.10 Å². The highest BCUT2D eigenvalue weighted by molar-refractivity contribution is 9.10. The van der Waals surface area contributed by atoms with Crippen molar-refractivity contribution < 1.29 is 0 Å². The molecule has 2 rings (SSSR count). The predicted octanol–water partition coefficient (Wildman–Crippen LogP) is 3.30. The summed E-state index contributed by atoms with van der Waals surface area (Å²) < 4.78 is 3.83. The third-order valence-corrected chi connectivity index (χ3v) is 4.27. The van der Waals surface area contributed by atoms with Gasteiger partial charge >= 0.3 is 0 Å². The Bertz CT molecular complexity index is 529. The van der Waals surface area contributed by atoms with Gasteiger partial charge in [0, 0.05) is 11.5 Å². The monoisotopic (exact) mass is 357 g/mol. The minimum Gasteiger partial charge on any atom is -0.319 e. The normalized spacial score (nSPS) is 12.8. The summed E-state index contributed by atoms with van der Waals surface area (Å²) in [5.74, 6) is 0. The second-order valence-corrected chi connectivity index (χ2v) is 5.70. The van der Waals surface area contributed by atoms with Gasteiger partial charge in [-0.3, -0.25) is 4.68 Å². The Morgan fingerprint density at radius 3 is 2.53 bits per heavy atom. The largest absolute Gasteiger partial charge is 0.319 e. The van der Waals surface area contributed by atoms with Crippen molar-refractivity contribution in [3.8, 4) is 0 Å². The molecule has 2 aromatic rings. The Morgan fingerprint density at radius 2 is 2.00 bits per heavy atom. The molecule has 0 saturated carbocycles. The van der Waals surface area contributed by atoms with Gasteiger partial charge in [-0.1, -0.05) is 28.1 Å². The number of nitrogens with zero attached hydrogens (tertiary/aromatic N) is 2. The van der Waals surface area contributed by atoms with Crippen LogP contribution in [0.5, 0.6) is 0 Å². The van der Waals surface area contributed by atoms with Crippen LogP contribution in [0.2, 0.25) is 0 Å². The van der Waals surface area contributed by atoms with Crippen LogP contribution in [0, 0.1) is 6.92 Å². The van der Waals surface area contributed by atoms with Crippen molar-refractivity contribution in [1.29, 1.82) is 0 Å². The fourth-order valence-electron chi connectivity index (χ4n) is 1.79. The first-order chi connectivity index (χ1) is 8.00. The van der Waals surface area contributed by atoms with Crippen LogP contribution in [-0.2, 0) is 7.05 Å². The molecule has 0 amide bonds. The Kier molecular flexibility index (Phi) is 3.70. The van der Waals surface area contributed by atoms with Gasteiger partial charge in [-0.25, -0.2) is 0 Å². The number of rotatable bonds is 2. The lowest BCUT2D eigenvalue weighted by Gasteiger charge is -2.14. The van der Waals surface area contributed by atoms with Crippen LogP contribution >= 0.6 is 31.9 Å². The molecular weight excluding hydrogens is 346 g/mol. The minimum atomic E-state index is -0.177. The molecule has 0 aliphatic heterocycles. The highest BCUT2D eigenvalue weighted by Crippen LogP contribution is 2.28. The molecule has 0 aliphatic rings. The summed E-state index contributed by atoms with van der Waals surface area (Å²) >= 11 is 6.96. The van der Waals surface area contributed by atoms with E-state index in [9.17, 15) is 0 Å². The molecule has 90 valence electrons. The Balaban J connectivity index is 2.43. The van der Waals surface area contributed by atoms with Crippen molar-refractivity contribution in [1.82, 2.24) is 9.78 Å². The van der Waals surface area contributed by atoms with Gasteiger partial charge in [0.05, 0.1) is 22.4 Å². The van der Waals surface area contributed by atoms with E-state index in [-0.39, 0.29) is 6.04 Å². The maximum absolute atomic E-state index is 6.28. The molecule has 0 aliphatic carbocycles. The molecule has 0 spiro atoms. The van der Waals surface area contributed by atoms with Crippen molar-refractivity contribution in [3.63, 3.8) is 0 Å². The number of hydrogen-bond acceptors (Lipinski definition) is 2. The van der Waals surface area contributed by atoms with Gasteiger partial charge in [0.2, 0.25) is 0 Å². The number of aromatic nitrogens is 2. The van der Waals surface area contributed by atoms with Crippen molar-refractivity contribution >= 4 is 31.9 Å². The minimum absolute atomic E-state index is 0.177. The van der Waals surface area contributed by atoms with E-state index >= 15 is 0 Å². The molecule has 0 bridgehead atoms. The fraction of sp³-hybridized carbons (Fsp3) is 0.250. The highest BCUT2D eigenvalue weighted by Gasteiger charge is 2.17. The molecule has 1 atom stereocenters. The van der Waals surface area contributed by atoms with Gasteiger partial charge in [0.1, 0.15) is 0 Å². The van der Waals surface area contributed by atoms with E-state index in [0.29, 0.717) is 0 Å². The molecule has 2 N–H and O–H groups in total. The summed E-state index contributed by atoms with van der Waals surface area (Å²) in [6, 6.07) is 5.97. The first-order valence-electron chi connectivity index (χ1n) is 5.19. The predicted molar refractivity (Wildman–Crippen MR) is 75.8 cm³/mol. The van der Waals surface area contributed by atoms with Crippen LogP contribution in [0.1, 0.15) is 22.9 Å². The van der Waals surface area contributed by atoms with E-state index in [2.05, 4.69) is 49.9 Å². The molecule has 0 radical (unpaired) electrons. The van der Waals surface area contributed by atoms with Crippen molar-refractivity contribution in [2.45, 2.75) is 13.0 Å². The Labute approximate surface area is 117 Å². The number of hydrogen-bond donors (Lipinski definition) is 1. The fourth-order valence-corrected chi connectivity index (χ4v) is 2.63. The van der Waals surface area contributed by atoms with E-state index in [1.807, 2.05) is 19.2 Å². The number of nitrogens with two attached hydrogens (primary N) is 1. The zero-order chi connectivity index (χ0) is 12.6. The summed E-state index contributed by atoms with van der Waals surface area (Å²) in [5, 5.41) is 4.18. The zero-order valence-electron chi connectivity index (χ0n) is 9.61. The second kappa shape index (κ2) is 4.92. The average molecular weight is 359 g/mol. The zero-order valence-corrected chi connectivity index (χ0v) is 12.8. The van der Waals surface area contributed by atoms with Crippen LogP contribution < -0.4 is 5.73 Å². The molecular formula is C12H13Br2N3. The third-order valence-electron chi connectivity index (χ3n) is 2.77.